The van der Waals surface area contributed by atoms with Crippen molar-refractivity contribution in [1.29, 1.82) is 0 Å². The van der Waals surface area contributed by atoms with Gasteiger partial charge in [-0.1, -0.05) is 32.9 Å². The third-order valence-electron chi connectivity index (χ3n) is 2.48. The Morgan fingerprint density at radius 2 is 2.12 bits per heavy atom. The molecule has 1 rings (SSSR count). The molecule has 3 heteroatoms. The van der Waals surface area contributed by atoms with Crippen LogP contribution in [0.15, 0.2) is 18.2 Å². The molecule has 1 aromatic carbocycles. The van der Waals surface area contributed by atoms with Crippen LogP contribution in [0.5, 0.6) is 0 Å². The van der Waals surface area contributed by atoms with Crippen molar-refractivity contribution < 1.29 is 9.53 Å². The molecule has 0 bridgehead atoms. The third kappa shape index (κ3) is 3.77. The number of hydrogen-bond donors (Lipinski definition) is 1. The van der Waals surface area contributed by atoms with Gasteiger partial charge >= 0.3 is 5.97 Å². The lowest BCUT2D eigenvalue weighted by atomic mass is 9.99. The number of ether oxygens (including phenoxy) is 1. The molecular weight excluding hydrogens is 214 g/mol. The molecule has 0 atom stereocenters. The van der Waals surface area contributed by atoms with E-state index in [2.05, 4.69) is 13.8 Å². The summed E-state index contributed by atoms with van der Waals surface area (Å²) in [7, 11) is 0. The Kier molecular flexibility index (Phi) is 5.01. The zero-order chi connectivity index (χ0) is 12.8. The van der Waals surface area contributed by atoms with Gasteiger partial charge in [-0.15, -0.1) is 0 Å². The molecule has 0 amide bonds. The second kappa shape index (κ2) is 6.28. The molecule has 0 radical (unpaired) electrons. The summed E-state index contributed by atoms with van der Waals surface area (Å²) >= 11 is 0. The molecule has 94 valence electrons. The molecule has 2 N–H and O–H groups in total. The van der Waals surface area contributed by atoms with Gasteiger partial charge in [-0.2, -0.15) is 0 Å². The number of hydrogen-bond acceptors (Lipinski definition) is 3. The summed E-state index contributed by atoms with van der Waals surface area (Å²) < 4.78 is 5.10. The Bertz CT molecular complexity index is 386. The summed E-state index contributed by atoms with van der Waals surface area (Å²) in [4.78, 5) is 11.8. The number of esters is 1. The van der Waals surface area contributed by atoms with Crippen molar-refractivity contribution >= 4 is 11.7 Å². The lowest BCUT2D eigenvalue weighted by Gasteiger charge is -2.12. The van der Waals surface area contributed by atoms with Gasteiger partial charge in [0.15, 0.2) is 0 Å². The average Bonchev–Trinajstić information content (AvgIpc) is 2.28. The second-order valence-electron chi connectivity index (χ2n) is 4.61. The van der Waals surface area contributed by atoms with Crippen LogP contribution < -0.4 is 5.73 Å². The van der Waals surface area contributed by atoms with E-state index in [0.717, 1.165) is 18.4 Å². The monoisotopic (exact) mass is 235 g/mol. The minimum absolute atomic E-state index is 0.324. The van der Waals surface area contributed by atoms with Crippen molar-refractivity contribution in [3.05, 3.63) is 29.3 Å². The van der Waals surface area contributed by atoms with Crippen LogP contribution >= 0.6 is 0 Å². The Balaban J connectivity index is 2.89. The number of nitrogens with two attached hydrogens (primary N) is 1. The molecule has 0 aliphatic rings. The maximum Gasteiger partial charge on any atom is 0.340 e. The van der Waals surface area contributed by atoms with Crippen LogP contribution in [0.25, 0.3) is 0 Å². The Hall–Kier alpha value is -1.51. The molecule has 0 aliphatic heterocycles. The lowest BCUT2D eigenvalue weighted by Crippen LogP contribution is -2.11. The fourth-order valence-corrected chi connectivity index (χ4v) is 1.68. The van der Waals surface area contributed by atoms with Crippen LogP contribution in [0.4, 0.5) is 5.69 Å². The van der Waals surface area contributed by atoms with Gasteiger partial charge in [-0.05, 0) is 30.4 Å². The standard InChI is InChI=1S/C14H21NO2/c1-4-8-17-14(16)12-7-5-6-11(13(12)15)9-10(2)3/h5-7,10H,4,8-9,15H2,1-3H3. The van der Waals surface area contributed by atoms with E-state index in [9.17, 15) is 4.79 Å². The van der Waals surface area contributed by atoms with Crippen LogP contribution in [0.1, 0.15) is 43.1 Å². The molecule has 0 saturated carbocycles. The molecule has 0 saturated heterocycles. The number of benzene rings is 1. The highest BCUT2D eigenvalue weighted by Crippen LogP contribution is 2.21. The number of para-hydroxylation sites is 1. The highest BCUT2D eigenvalue weighted by Gasteiger charge is 2.13. The number of anilines is 1. The molecule has 3 nitrogen and oxygen atoms in total. The number of carbonyl (C=O) groups is 1. The maximum atomic E-state index is 11.8. The van der Waals surface area contributed by atoms with Crippen molar-refractivity contribution in [1.82, 2.24) is 0 Å². The fourth-order valence-electron chi connectivity index (χ4n) is 1.68. The summed E-state index contributed by atoms with van der Waals surface area (Å²) in [6.45, 7) is 6.65. The van der Waals surface area contributed by atoms with E-state index < -0.39 is 0 Å². The van der Waals surface area contributed by atoms with Crippen molar-refractivity contribution in [3.63, 3.8) is 0 Å². The molecule has 0 aliphatic carbocycles. The van der Waals surface area contributed by atoms with Gasteiger partial charge in [0.25, 0.3) is 0 Å². The van der Waals surface area contributed by atoms with E-state index in [0.29, 0.717) is 23.8 Å². The summed E-state index contributed by atoms with van der Waals surface area (Å²) in [6, 6.07) is 5.54. The van der Waals surface area contributed by atoms with Crippen molar-refractivity contribution in [3.8, 4) is 0 Å². The predicted octanol–water partition coefficient (Wildman–Crippen LogP) is 3.03. The normalized spacial score (nSPS) is 10.6. The van der Waals surface area contributed by atoms with Crippen molar-refractivity contribution in [2.24, 2.45) is 5.92 Å². The van der Waals surface area contributed by atoms with Crippen molar-refractivity contribution in [2.75, 3.05) is 12.3 Å². The minimum atomic E-state index is -0.324. The second-order valence-corrected chi connectivity index (χ2v) is 4.61. The predicted molar refractivity (Wildman–Crippen MR) is 70.0 cm³/mol. The average molecular weight is 235 g/mol. The highest BCUT2D eigenvalue weighted by molar-refractivity contribution is 5.95. The van der Waals surface area contributed by atoms with Gasteiger partial charge in [0.2, 0.25) is 0 Å². The van der Waals surface area contributed by atoms with Gasteiger partial charge in [0.1, 0.15) is 0 Å². The van der Waals surface area contributed by atoms with Gasteiger partial charge in [-0.25, -0.2) is 4.79 Å². The lowest BCUT2D eigenvalue weighted by molar-refractivity contribution is 0.0506. The first kappa shape index (κ1) is 13.6. The van der Waals surface area contributed by atoms with E-state index in [1.54, 1.807) is 6.07 Å². The summed E-state index contributed by atoms with van der Waals surface area (Å²) in [5.74, 6) is 0.189. The summed E-state index contributed by atoms with van der Waals surface area (Å²) in [6.07, 6.45) is 1.69. The van der Waals surface area contributed by atoms with E-state index in [1.165, 1.54) is 0 Å². The van der Waals surface area contributed by atoms with E-state index in [-0.39, 0.29) is 5.97 Å². The minimum Gasteiger partial charge on any atom is -0.462 e. The van der Waals surface area contributed by atoms with Crippen LogP contribution in [-0.4, -0.2) is 12.6 Å². The van der Waals surface area contributed by atoms with Gasteiger partial charge in [0.05, 0.1) is 12.2 Å². The van der Waals surface area contributed by atoms with Crippen LogP contribution in [-0.2, 0) is 11.2 Å². The molecule has 0 unspecified atom stereocenters. The molecular formula is C14H21NO2. The SMILES string of the molecule is CCCOC(=O)c1cccc(CC(C)C)c1N. The Morgan fingerprint density at radius 3 is 2.71 bits per heavy atom. The number of nitrogen functional groups attached to an aromatic ring is 1. The van der Waals surface area contributed by atoms with Crippen molar-refractivity contribution in [2.45, 2.75) is 33.6 Å². The van der Waals surface area contributed by atoms with E-state index in [1.807, 2.05) is 19.1 Å². The largest absolute Gasteiger partial charge is 0.462 e. The van der Waals surface area contributed by atoms with Gasteiger partial charge in [0, 0.05) is 5.69 Å². The van der Waals surface area contributed by atoms with E-state index in [4.69, 9.17) is 10.5 Å². The highest BCUT2D eigenvalue weighted by atomic mass is 16.5. The fraction of sp³-hybridized carbons (Fsp3) is 0.500. The molecule has 17 heavy (non-hydrogen) atoms. The smallest absolute Gasteiger partial charge is 0.340 e. The van der Waals surface area contributed by atoms with Gasteiger partial charge in [-0.3, -0.25) is 0 Å². The Labute approximate surface area is 103 Å². The molecule has 0 heterocycles. The first-order chi connectivity index (χ1) is 8.06. The number of carbonyl (C=O) groups excluding carboxylic acids is 1. The maximum absolute atomic E-state index is 11.8. The summed E-state index contributed by atoms with van der Waals surface area (Å²) in [5, 5.41) is 0. The quantitative estimate of drug-likeness (QED) is 0.630. The number of rotatable bonds is 5. The van der Waals surface area contributed by atoms with Crippen LogP contribution in [0.3, 0.4) is 0 Å². The first-order valence-corrected chi connectivity index (χ1v) is 6.10. The zero-order valence-corrected chi connectivity index (χ0v) is 10.8. The topological polar surface area (TPSA) is 52.3 Å². The van der Waals surface area contributed by atoms with E-state index >= 15 is 0 Å². The van der Waals surface area contributed by atoms with Crippen LogP contribution in [0.2, 0.25) is 0 Å². The molecule has 0 fully saturated rings. The third-order valence-corrected chi connectivity index (χ3v) is 2.48. The summed E-state index contributed by atoms with van der Waals surface area (Å²) in [5.41, 5.74) is 8.06. The Morgan fingerprint density at radius 1 is 1.41 bits per heavy atom. The first-order valence-electron chi connectivity index (χ1n) is 6.10. The van der Waals surface area contributed by atoms with Crippen LogP contribution in [0, 0.1) is 5.92 Å². The molecule has 0 spiro atoms. The van der Waals surface area contributed by atoms with Gasteiger partial charge < -0.3 is 10.5 Å². The zero-order valence-electron chi connectivity index (χ0n) is 10.8. The molecule has 1 aromatic rings. The molecule has 0 aromatic heterocycles.